The van der Waals surface area contributed by atoms with E-state index in [2.05, 4.69) is 15.6 Å². The molecule has 1 unspecified atom stereocenters. The van der Waals surface area contributed by atoms with Crippen LogP contribution in [-0.4, -0.2) is 34.5 Å². The van der Waals surface area contributed by atoms with E-state index in [0.717, 1.165) is 11.3 Å². The van der Waals surface area contributed by atoms with E-state index in [0.29, 0.717) is 0 Å². The van der Waals surface area contributed by atoms with E-state index < -0.39 is 0 Å². The van der Waals surface area contributed by atoms with E-state index in [4.69, 9.17) is 5.73 Å². The lowest BCUT2D eigenvalue weighted by molar-refractivity contribution is -0.125. The highest BCUT2D eigenvalue weighted by molar-refractivity contribution is 5.86. The normalized spacial score (nSPS) is 10.8. The summed E-state index contributed by atoms with van der Waals surface area (Å²) in [5.74, 6) is -0.618. The van der Waals surface area contributed by atoms with Crippen LogP contribution < -0.4 is 16.4 Å². The number of hydrogen-bond acceptors (Lipinski definition) is 4. The lowest BCUT2D eigenvalue weighted by Gasteiger charge is -2.16. The van der Waals surface area contributed by atoms with Crippen molar-refractivity contribution in [2.75, 3.05) is 13.1 Å². The van der Waals surface area contributed by atoms with Crippen molar-refractivity contribution in [3.63, 3.8) is 0 Å². The number of nitrogens with two attached hydrogens (primary N) is 1. The maximum Gasteiger partial charge on any atom is 0.239 e. The van der Waals surface area contributed by atoms with Crippen molar-refractivity contribution in [1.29, 1.82) is 0 Å². The van der Waals surface area contributed by atoms with E-state index in [1.807, 2.05) is 42.0 Å². The molecule has 0 bridgehead atoms. The number of rotatable bonds is 6. The van der Waals surface area contributed by atoms with Crippen LogP contribution in [0.15, 0.2) is 43.0 Å². The highest BCUT2D eigenvalue weighted by atomic mass is 35.5. The van der Waals surface area contributed by atoms with Gasteiger partial charge in [0.1, 0.15) is 0 Å². The molecule has 7 nitrogen and oxygen atoms in total. The summed E-state index contributed by atoms with van der Waals surface area (Å²) >= 11 is 0. The molecule has 9 heteroatoms. The average molecular weight is 374 g/mol. The smallest absolute Gasteiger partial charge is 0.239 e. The molecule has 0 fully saturated rings. The third-order valence-corrected chi connectivity index (χ3v) is 3.18. The summed E-state index contributed by atoms with van der Waals surface area (Å²) in [5.41, 5.74) is 7.09. The third kappa shape index (κ3) is 6.19. The number of imidazole rings is 1. The Labute approximate surface area is 152 Å². The van der Waals surface area contributed by atoms with Crippen LogP contribution in [0.2, 0.25) is 0 Å². The number of benzene rings is 1. The summed E-state index contributed by atoms with van der Waals surface area (Å²) in [5, 5.41) is 5.26. The van der Waals surface area contributed by atoms with Crippen LogP contribution in [0.5, 0.6) is 0 Å². The number of amides is 2. The Morgan fingerprint density at radius 2 is 2.04 bits per heavy atom. The predicted octanol–water partition coefficient (Wildman–Crippen LogP) is 0.968. The van der Waals surface area contributed by atoms with Gasteiger partial charge in [-0.3, -0.25) is 9.59 Å². The zero-order valence-corrected chi connectivity index (χ0v) is 14.8. The van der Waals surface area contributed by atoms with Gasteiger partial charge in [0.2, 0.25) is 11.8 Å². The van der Waals surface area contributed by atoms with Crippen LogP contribution >= 0.6 is 24.8 Å². The molecule has 1 atom stereocenters. The van der Waals surface area contributed by atoms with Crippen molar-refractivity contribution in [2.45, 2.75) is 13.0 Å². The molecule has 0 aliphatic rings. The minimum absolute atomic E-state index is 0. The van der Waals surface area contributed by atoms with Gasteiger partial charge in [0.25, 0.3) is 0 Å². The second-order valence-electron chi connectivity index (χ2n) is 4.83. The Morgan fingerprint density at radius 1 is 1.29 bits per heavy atom. The minimum atomic E-state index is -0.357. The van der Waals surface area contributed by atoms with Gasteiger partial charge in [-0.1, -0.05) is 12.1 Å². The number of hydrogen-bond donors (Lipinski definition) is 3. The maximum atomic E-state index is 11.8. The first-order valence-corrected chi connectivity index (χ1v) is 6.94. The molecule has 0 saturated carbocycles. The van der Waals surface area contributed by atoms with Gasteiger partial charge in [-0.05, 0) is 24.6 Å². The number of carbonyl (C=O) groups excluding carboxylic acids is 2. The number of halogens is 2. The summed E-state index contributed by atoms with van der Waals surface area (Å²) in [6, 6.07) is 7.62. The number of carbonyl (C=O) groups is 2. The van der Waals surface area contributed by atoms with Crippen LogP contribution in [0.25, 0.3) is 5.69 Å². The minimum Gasteiger partial charge on any atom is -0.348 e. The standard InChI is InChI=1S/C15H19N5O2.2ClH/c1-11(19-15(22)9-18-14(21)8-16)12-3-2-4-13(7-12)20-6-5-17-10-20;;/h2-7,10-11H,8-9,16H2,1H3,(H,18,21)(H,19,22);2*1H. The highest BCUT2D eigenvalue weighted by Gasteiger charge is 2.11. The first kappa shape index (κ1) is 21.9. The van der Waals surface area contributed by atoms with Crippen molar-refractivity contribution in [2.24, 2.45) is 5.73 Å². The molecule has 2 rings (SSSR count). The van der Waals surface area contributed by atoms with E-state index in [-0.39, 0.29) is 55.8 Å². The number of nitrogens with zero attached hydrogens (tertiary/aromatic N) is 2. The summed E-state index contributed by atoms with van der Waals surface area (Å²) < 4.78 is 1.89. The SMILES string of the molecule is CC(NC(=O)CNC(=O)CN)c1cccc(-n2ccnc2)c1.Cl.Cl. The van der Waals surface area contributed by atoms with Crippen molar-refractivity contribution in [1.82, 2.24) is 20.2 Å². The van der Waals surface area contributed by atoms with Crippen LogP contribution in [-0.2, 0) is 9.59 Å². The third-order valence-electron chi connectivity index (χ3n) is 3.18. The molecule has 1 aromatic heterocycles. The van der Waals surface area contributed by atoms with Crippen LogP contribution in [0.4, 0.5) is 0 Å². The molecule has 0 aliphatic heterocycles. The molecule has 2 amide bonds. The predicted molar refractivity (Wildman–Crippen MR) is 96.7 cm³/mol. The van der Waals surface area contributed by atoms with Crippen molar-refractivity contribution in [3.05, 3.63) is 48.5 Å². The van der Waals surface area contributed by atoms with E-state index in [1.165, 1.54) is 0 Å². The summed E-state index contributed by atoms with van der Waals surface area (Å²) in [6.07, 6.45) is 5.27. The lowest BCUT2D eigenvalue weighted by Crippen LogP contribution is -2.40. The quantitative estimate of drug-likeness (QED) is 0.701. The Bertz CT molecular complexity index is 649. The van der Waals surface area contributed by atoms with Crippen molar-refractivity contribution < 1.29 is 9.59 Å². The van der Waals surface area contributed by atoms with Crippen LogP contribution in [0, 0.1) is 0 Å². The fraction of sp³-hybridized carbons (Fsp3) is 0.267. The first-order chi connectivity index (χ1) is 10.6. The van der Waals surface area contributed by atoms with E-state index in [9.17, 15) is 9.59 Å². The number of aromatic nitrogens is 2. The fourth-order valence-electron chi connectivity index (χ4n) is 1.99. The molecule has 0 saturated heterocycles. The van der Waals surface area contributed by atoms with Crippen LogP contribution in [0.3, 0.4) is 0 Å². The number of nitrogens with one attached hydrogen (secondary N) is 2. The van der Waals surface area contributed by atoms with Gasteiger partial charge >= 0.3 is 0 Å². The molecule has 0 aliphatic carbocycles. The fourth-order valence-corrected chi connectivity index (χ4v) is 1.99. The lowest BCUT2D eigenvalue weighted by atomic mass is 10.1. The van der Waals surface area contributed by atoms with Gasteiger partial charge in [0.15, 0.2) is 0 Å². The van der Waals surface area contributed by atoms with Gasteiger partial charge in [-0.2, -0.15) is 0 Å². The monoisotopic (exact) mass is 373 g/mol. The summed E-state index contributed by atoms with van der Waals surface area (Å²) in [6.45, 7) is 1.67. The van der Waals surface area contributed by atoms with Gasteiger partial charge in [-0.15, -0.1) is 24.8 Å². The van der Waals surface area contributed by atoms with Crippen LogP contribution in [0.1, 0.15) is 18.5 Å². The summed E-state index contributed by atoms with van der Waals surface area (Å²) in [7, 11) is 0. The maximum absolute atomic E-state index is 11.8. The van der Waals surface area contributed by atoms with E-state index in [1.54, 1.807) is 12.5 Å². The van der Waals surface area contributed by atoms with Gasteiger partial charge < -0.3 is 20.9 Å². The average Bonchev–Trinajstić information content (AvgIpc) is 3.07. The topological polar surface area (TPSA) is 102 Å². The Kier molecular flexibility index (Phi) is 9.71. The molecule has 2 aromatic rings. The Balaban J connectivity index is 0.00000264. The second-order valence-corrected chi connectivity index (χ2v) is 4.83. The van der Waals surface area contributed by atoms with E-state index >= 15 is 0 Å². The summed E-state index contributed by atoms with van der Waals surface area (Å²) in [4.78, 5) is 26.8. The van der Waals surface area contributed by atoms with Gasteiger partial charge in [0.05, 0.1) is 25.5 Å². The zero-order valence-electron chi connectivity index (χ0n) is 13.1. The zero-order chi connectivity index (χ0) is 15.9. The molecule has 1 heterocycles. The molecule has 24 heavy (non-hydrogen) atoms. The molecule has 132 valence electrons. The van der Waals surface area contributed by atoms with Crippen molar-refractivity contribution in [3.8, 4) is 5.69 Å². The largest absolute Gasteiger partial charge is 0.348 e. The second kappa shape index (κ2) is 10.6. The van der Waals surface area contributed by atoms with Gasteiger partial charge in [0, 0.05) is 18.1 Å². The molecular formula is C15H21Cl2N5O2. The molecule has 4 N–H and O–H groups in total. The first-order valence-electron chi connectivity index (χ1n) is 6.94. The molecule has 0 spiro atoms. The molecule has 0 radical (unpaired) electrons. The van der Waals surface area contributed by atoms with Gasteiger partial charge in [-0.25, -0.2) is 4.98 Å². The van der Waals surface area contributed by atoms with Crippen molar-refractivity contribution >= 4 is 36.6 Å². The molecule has 1 aromatic carbocycles. The molecular weight excluding hydrogens is 353 g/mol. The Hall–Kier alpha value is -2.09. The Morgan fingerprint density at radius 3 is 2.67 bits per heavy atom. The highest BCUT2D eigenvalue weighted by Crippen LogP contribution is 2.16.